The number of nitrogens with one attached hydrogen (secondary N) is 1. The van der Waals surface area contributed by atoms with Crippen LogP contribution < -0.4 is 5.32 Å². The SMILES string of the molecule is CC(C)C(CNC(=O)N1CCC(C(=O)O)C1)c1cccnc1. The fraction of sp³-hybridized carbons (Fsp3) is 0.562. The molecular weight excluding hydrogens is 282 g/mol. The second kappa shape index (κ2) is 7.24. The maximum absolute atomic E-state index is 12.2. The van der Waals surface area contributed by atoms with Crippen molar-refractivity contribution in [3.63, 3.8) is 0 Å². The van der Waals surface area contributed by atoms with Crippen molar-refractivity contribution in [1.82, 2.24) is 15.2 Å². The van der Waals surface area contributed by atoms with Crippen molar-refractivity contribution in [3.8, 4) is 0 Å². The molecule has 2 N–H and O–H groups in total. The maximum Gasteiger partial charge on any atom is 0.317 e. The number of aromatic nitrogens is 1. The van der Waals surface area contributed by atoms with Crippen LogP contribution in [-0.2, 0) is 4.79 Å². The molecule has 2 heterocycles. The van der Waals surface area contributed by atoms with Crippen LogP contribution in [0.3, 0.4) is 0 Å². The first-order valence-electron chi connectivity index (χ1n) is 7.64. The number of carboxylic acid groups (broad SMARTS) is 1. The molecule has 1 fully saturated rings. The average molecular weight is 305 g/mol. The molecule has 6 heteroatoms. The third-order valence-electron chi connectivity index (χ3n) is 4.22. The monoisotopic (exact) mass is 305 g/mol. The van der Waals surface area contributed by atoms with Gasteiger partial charge in [-0.15, -0.1) is 0 Å². The van der Waals surface area contributed by atoms with Crippen LogP contribution in [0.15, 0.2) is 24.5 Å². The lowest BCUT2D eigenvalue weighted by molar-refractivity contribution is -0.141. The summed E-state index contributed by atoms with van der Waals surface area (Å²) in [5.41, 5.74) is 1.10. The molecule has 2 atom stereocenters. The number of rotatable bonds is 5. The second-order valence-corrected chi connectivity index (χ2v) is 6.09. The fourth-order valence-corrected chi connectivity index (χ4v) is 2.79. The number of pyridine rings is 1. The van der Waals surface area contributed by atoms with Gasteiger partial charge in [0.2, 0.25) is 0 Å². The molecule has 120 valence electrons. The summed E-state index contributed by atoms with van der Waals surface area (Å²) < 4.78 is 0. The van der Waals surface area contributed by atoms with Gasteiger partial charge in [0.25, 0.3) is 0 Å². The molecule has 1 aliphatic rings. The summed E-state index contributed by atoms with van der Waals surface area (Å²) in [6, 6.07) is 3.73. The van der Waals surface area contributed by atoms with Crippen LogP contribution in [0.25, 0.3) is 0 Å². The lowest BCUT2D eigenvalue weighted by Crippen LogP contribution is -2.41. The van der Waals surface area contributed by atoms with Gasteiger partial charge in [0.1, 0.15) is 0 Å². The Kier molecular flexibility index (Phi) is 5.35. The largest absolute Gasteiger partial charge is 0.481 e. The van der Waals surface area contributed by atoms with Crippen LogP contribution in [0.1, 0.15) is 31.7 Å². The molecule has 0 aromatic carbocycles. The van der Waals surface area contributed by atoms with Gasteiger partial charge in [0.05, 0.1) is 5.92 Å². The molecule has 22 heavy (non-hydrogen) atoms. The predicted octanol–water partition coefficient (Wildman–Crippen LogP) is 1.94. The molecule has 0 bridgehead atoms. The van der Waals surface area contributed by atoms with Crippen molar-refractivity contribution in [2.75, 3.05) is 19.6 Å². The van der Waals surface area contributed by atoms with E-state index < -0.39 is 11.9 Å². The Morgan fingerprint density at radius 1 is 1.50 bits per heavy atom. The Morgan fingerprint density at radius 3 is 2.82 bits per heavy atom. The van der Waals surface area contributed by atoms with Crippen molar-refractivity contribution >= 4 is 12.0 Å². The summed E-state index contributed by atoms with van der Waals surface area (Å²) in [5, 5.41) is 11.9. The van der Waals surface area contributed by atoms with E-state index in [1.54, 1.807) is 11.1 Å². The van der Waals surface area contributed by atoms with Crippen molar-refractivity contribution in [2.24, 2.45) is 11.8 Å². The van der Waals surface area contributed by atoms with Crippen LogP contribution in [-0.4, -0.2) is 46.6 Å². The van der Waals surface area contributed by atoms with E-state index in [-0.39, 0.29) is 11.9 Å². The normalized spacial score (nSPS) is 19.2. The zero-order chi connectivity index (χ0) is 16.1. The number of nitrogens with zero attached hydrogens (tertiary/aromatic N) is 2. The Morgan fingerprint density at radius 2 is 2.27 bits per heavy atom. The van der Waals surface area contributed by atoms with E-state index in [0.29, 0.717) is 32.0 Å². The molecule has 6 nitrogen and oxygen atoms in total. The molecular formula is C16H23N3O3. The van der Waals surface area contributed by atoms with Crippen LogP contribution >= 0.6 is 0 Å². The quantitative estimate of drug-likeness (QED) is 0.871. The van der Waals surface area contributed by atoms with Gasteiger partial charge >= 0.3 is 12.0 Å². The van der Waals surface area contributed by atoms with Crippen LogP contribution in [0.5, 0.6) is 0 Å². The number of amides is 2. The van der Waals surface area contributed by atoms with E-state index in [4.69, 9.17) is 5.11 Å². The maximum atomic E-state index is 12.2. The summed E-state index contributed by atoms with van der Waals surface area (Å²) in [6.07, 6.45) is 4.09. The lowest BCUT2D eigenvalue weighted by atomic mass is 9.89. The standard InChI is InChI=1S/C16H23N3O3/c1-11(2)14(12-4-3-6-17-8-12)9-18-16(22)19-7-5-13(10-19)15(20)21/h3-4,6,8,11,13-14H,5,7,9-10H2,1-2H3,(H,18,22)(H,20,21). The average Bonchev–Trinajstić information content (AvgIpc) is 2.98. The Labute approximate surface area is 130 Å². The molecule has 2 amide bonds. The molecule has 0 spiro atoms. The minimum Gasteiger partial charge on any atom is -0.481 e. The van der Waals surface area contributed by atoms with E-state index >= 15 is 0 Å². The fourth-order valence-electron chi connectivity index (χ4n) is 2.79. The number of carbonyl (C=O) groups is 2. The number of hydrogen-bond donors (Lipinski definition) is 2. The molecule has 0 saturated carbocycles. The number of carbonyl (C=O) groups excluding carboxylic acids is 1. The summed E-state index contributed by atoms with van der Waals surface area (Å²) in [4.78, 5) is 28.8. The highest BCUT2D eigenvalue weighted by atomic mass is 16.4. The summed E-state index contributed by atoms with van der Waals surface area (Å²) >= 11 is 0. The zero-order valence-electron chi connectivity index (χ0n) is 13.0. The van der Waals surface area contributed by atoms with Gasteiger partial charge in [-0.2, -0.15) is 0 Å². The minimum absolute atomic E-state index is 0.182. The van der Waals surface area contributed by atoms with Crippen molar-refractivity contribution < 1.29 is 14.7 Å². The van der Waals surface area contributed by atoms with E-state index in [0.717, 1.165) is 5.56 Å². The number of urea groups is 1. The molecule has 2 rings (SSSR count). The zero-order valence-corrected chi connectivity index (χ0v) is 13.0. The van der Waals surface area contributed by atoms with Gasteiger partial charge in [-0.1, -0.05) is 19.9 Å². The minimum atomic E-state index is -0.828. The van der Waals surface area contributed by atoms with Gasteiger partial charge < -0.3 is 15.3 Å². The third kappa shape index (κ3) is 3.96. The Bertz CT molecular complexity index is 519. The highest BCUT2D eigenvalue weighted by Gasteiger charge is 2.31. The number of carboxylic acids is 1. The highest BCUT2D eigenvalue weighted by molar-refractivity contribution is 5.77. The number of likely N-dealkylation sites (tertiary alicyclic amines) is 1. The highest BCUT2D eigenvalue weighted by Crippen LogP contribution is 2.23. The van der Waals surface area contributed by atoms with Crippen molar-refractivity contribution in [2.45, 2.75) is 26.2 Å². The molecule has 1 aliphatic heterocycles. The predicted molar refractivity (Wildman–Crippen MR) is 82.5 cm³/mol. The van der Waals surface area contributed by atoms with Crippen LogP contribution in [0.2, 0.25) is 0 Å². The molecule has 2 unspecified atom stereocenters. The van der Waals surface area contributed by atoms with Crippen LogP contribution in [0, 0.1) is 11.8 Å². The van der Waals surface area contributed by atoms with E-state index in [1.165, 1.54) is 0 Å². The van der Waals surface area contributed by atoms with E-state index in [2.05, 4.69) is 24.1 Å². The van der Waals surface area contributed by atoms with Gasteiger partial charge in [-0.3, -0.25) is 9.78 Å². The Balaban J connectivity index is 1.90. The first-order valence-corrected chi connectivity index (χ1v) is 7.64. The third-order valence-corrected chi connectivity index (χ3v) is 4.22. The molecule has 1 aromatic rings. The van der Waals surface area contributed by atoms with Gasteiger partial charge in [0.15, 0.2) is 0 Å². The van der Waals surface area contributed by atoms with Crippen LogP contribution in [0.4, 0.5) is 4.79 Å². The van der Waals surface area contributed by atoms with Crippen molar-refractivity contribution in [3.05, 3.63) is 30.1 Å². The number of hydrogen-bond acceptors (Lipinski definition) is 3. The first kappa shape index (κ1) is 16.3. The van der Waals surface area contributed by atoms with E-state index in [9.17, 15) is 9.59 Å². The Hall–Kier alpha value is -2.11. The lowest BCUT2D eigenvalue weighted by Gasteiger charge is -2.23. The number of aliphatic carboxylic acids is 1. The molecule has 1 saturated heterocycles. The topological polar surface area (TPSA) is 82.5 Å². The molecule has 0 aliphatic carbocycles. The van der Waals surface area contributed by atoms with E-state index in [1.807, 2.05) is 18.3 Å². The smallest absolute Gasteiger partial charge is 0.317 e. The summed E-state index contributed by atoms with van der Waals surface area (Å²) in [5.74, 6) is -0.707. The van der Waals surface area contributed by atoms with Gasteiger partial charge in [-0.05, 0) is 24.0 Å². The molecule has 1 aromatic heterocycles. The summed E-state index contributed by atoms with van der Waals surface area (Å²) in [7, 11) is 0. The van der Waals surface area contributed by atoms with Gasteiger partial charge in [-0.25, -0.2) is 4.79 Å². The first-order chi connectivity index (χ1) is 10.5. The molecule has 0 radical (unpaired) electrons. The van der Waals surface area contributed by atoms with Gasteiger partial charge in [0, 0.05) is 37.9 Å². The van der Waals surface area contributed by atoms with Crippen molar-refractivity contribution in [1.29, 1.82) is 0 Å². The second-order valence-electron chi connectivity index (χ2n) is 6.09. The summed E-state index contributed by atoms with van der Waals surface area (Å²) in [6.45, 7) is 5.54.